The third kappa shape index (κ3) is 22.9. The molecule has 14 rings (SSSR count). The molecule has 0 aliphatic carbocycles. The van der Waals surface area contributed by atoms with Crippen LogP contribution in [0, 0.1) is 0 Å². The molecule has 1 heterocycles. The van der Waals surface area contributed by atoms with E-state index in [4.69, 9.17) is 25.5 Å². The van der Waals surface area contributed by atoms with Gasteiger partial charge in [0.15, 0.2) is 40.6 Å². The smallest absolute Gasteiger partial charge is 0.335 e. The van der Waals surface area contributed by atoms with Crippen molar-refractivity contribution < 1.29 is 128 Å². The fourth-order valence-corrected chi connectivity index (χ4v) is 13.4. The number of hydrogen-bond donors (Lipinski definition) is 11. The first-order valence-electron chi connectivity index (χ1n) is 38.7. The Morgan fingerprint density at radius 3 is 0.538 bits per heavy atom. The highest BCUT2D eigenvalue weighted by atomic mass is 16.4. The fourth-order valence-electron chi connectivity index (χ4n) is 13.4. The molecule has 0 atom stereocenters. The number of aromatic carboxylic acids is 11. The minimum Gasteiger partial charge on any atom is -0.478 e. The average Bonchev–Trinajstić information content (AvgIpc) is 0.759. The highest BCUT2D eigenvalue weighted by molar-refractivity contribution is 6.04. The third-order valence-corrected chi connectivity index (χ3v) is 20.2. The van der Waals surface area contributed by atoms with Gasteiger partial charge in [0, 0.05) is 38.9 Å². The molecule has 0 spiro atoms. The predicted octanol–water partition coefficient (Wildman–Crippen LogP) is 19.0. The molecule has 0 amide bonds. The van der Waals surface area contributed by atoms with E-state index in [1.54, 1.807) is 127 Å². The van der Waals surface area contributed by atoms with Crippen LogP contribution in [0.2, 0.25) is 0 Å². The average molecular weight is 1740 g/mol. The van der Waals surface area contributed by atoms with Gasteiger partial charge in [-0.3, -0.25) is 19.2 Å². The quantitative estimate of drug-likeness (QED) is 0.0224. The molecule has 0 fully saturated rings. The van der Waals surface area contributed by atoms with E-state index < -0.39 is 65.7 Å². The molecule has 0 unspecified atom stereocenters. The first-order valence-corrected chi connectivity index (χ1v) is 38.7. The number of nitrogens with zero attached hydrogens (tertiary/aromatic N) is 3. The monoisotopic (exact) mass is 1740 g/mol. The van der Waals surface area contributed by atoms with E-state index in [1.165, 1.54) is 143 Å². The molecule has 11 N–H and O–H groups in total. The van der Waals surface area contributed by atoms with Crippen LogP contribution in [0.25, 0.3) is 101 Å². The molecular weight excluding hydrogens is 1670 g/mol. The number of rotatable bonds is 26. The van der Waals surface area contributed by atoms with Crippen molar-refractivity contribution in [3.63, 3.8) is 0 Å². The van der Waals surface area contributed by atoms with Gasteiger partial charge in [0.05, 0.1) is 61.2 Å². The minimum absolute atomic E-state index is 0.0120. The maximum atomic E-state index is 11.9. The Balaban J connectivity index is 0.000000171. The molecule has 1 aromatic heterocycles. The number of aromatic nitrogens is 3. The summed E-state index contributed by atoms with van der Waals surface area (Å²) in [5.74, 6) is -12.3. The number of ketones is 4. The highest BCUT2D eigenvalue weighted by Gasteiger charge is 2.23. The van der Waals surface area contributed by atoms with Crippen molar-refractivity contribution in [3.8, 4) is 101 Å². The number of carbonyl (C=O) groups is 15. The van der Waals surface area contributed by atoms with Crippen LogP contribution >= 0.6 is 0 Å². The van der Waals surface area contributed by atoms with Crippen molar-refractivity contribution >= 4 is 88.8 Å². The number of hydrogen-bond acceptors (Lipinski definition) is 18. The maximum absolute atomic E-state index is 11.9. The van der Waals surface area contributed by atoms with E-state index in [-0.39, 0.29) is 102 Å². The molecule has 0 saturated carbocycles. The lowest BCUT2D eigenvalue weighted by Crippen LogP contribution is -2.06. The van der Waals surface area contributed by atoms with Crippen LogP contribution in [0.3, 0.4) is 0 Å². The van der Waals surface area contributed by atoms with Crippen LogP contribution < -0.4 is 0 Å². The zero-order valence-corrected chi connectivity index (χ0v) is 68.6. The van der Waals surface area contributed by atoms with E-state index in [9.17, 15) is 103 Å². The van der Waals surface area contributed by atoms with E-state index in [0.29, 0.717) is 78.7 Å². The molecule has 0 aliphatic rings. The van der Waals surface area contributed by atoms with Crippen LogP contribution in [0.5, 0.6) is 0 Å². The summed E-state index contributed by atoms with van der Waals surface area (Å²) in [6.07, 6.45) is 0.0861. The van der Waals surface area contributed by atoms with Crippen molar-refractivity contribution in [2.24, 2.45) is 0 Å². The Morgan fingerprint density at radius 2 is 0.331 bits per heavy atom. The van der Waals surface area contributed by atoms with E-state index in [0.717, 1.165) is 56.6 Å². The van der Waals surface area contributed by atoms with Crippen LogP contribution in [0.1, 0.15) is 194 Å². The molecule has 29 heteroatoms. The third-order valence-electron chi connectivity index (χ3n) is 20.2. The van der Waals surface area contributed by atoms with Gasteiger partial charge in [-0.1, -0.05) is 133 Å². The summed E-state index contributed by atoms with van der Waals surface area (Å²) in [5.41, 5.74) is 12.6. The molecule has 29 nitrogen and oxygen atoms in total. The Kier molecular flexibility index (Phi) is 28.7. The summed E-state index contributed by atoms with van der Waals surface area (Å²) < 4.78 is 0. The van der Waals surface area contributed by atoms with Gasteiger partial charge in [0.1, 0.15) is 0 Å². The minimum atomic E-state index is -1.27. The number of carbonyl (C=O) groups excluding carboxylic acids is 4. The van der Waals surface area contributed by atoms with Crippen LogP contribution in [-0.4, -0.2) is 160 Å². The van der Waals surface area contributed by atoms with Gasteiger partial charge in [-0.15, -0.1) is 0 Å². The first-order chi connectivity index (χ1) is 61.7. The molecular formula is C101H71N3O26. The summed E-state index contributed by atoms with van der Waals surface area (Å²) in [6.45, 7) is 5.63. The van der Waals surface area contributed by atoms with Gasteiger partial charge in [0.25, 0.3) is 0 Å². The van der Waals surface area contributed by atoms with E-state index >= 15 is 0 Å². The maximum Gasteiger partial charge on any atom is 0.335 e. The molecule has 0 aliphatic heterocycles. The van der Waals surface area contributed by atoms with Crippen molar-refractivity contribution in [1.82, 2.24) is 15.0 Å². The lowest BCUT2D eigenvalue weighted by molar-refractivity contribution is 0.0676. The van der Waals surface area contributed by atoms with Crippen molar-refractivity contribution in [1.29, 1.82) is 0 Å². The van der Waals surface area contributed by atoms with Crippen molar-refractivity contribution in [3.05, 3.63) is 374 Å². The fraction of sp³-hybridized carbons (Fsp3) is 0.0495. The topological polar surface area (TPSA) is 517 Å². The number of benzene rings is 13. The Hall–Kier alpha value is -18.3. The summed E-state index contributed by atoms with van der Waals surface area (Å²) >= 11 is 0. The van der Waals surface area contributed by atoms with Gasteiger partial charge in [-0.25, -0.2) is 67.7 Å². The second-order valence-corrected chi connectivity index (χ2v) is 29.1. The van der Waals surface area contributed by atoms with Crippen molar-refractivity contribution in [2.75, 3.05) is 0 Å². The zero-order valence-electron chi connectivity index (χ0n) is 68.6. The van der Waals surface area contributed by atoms with Crippen LogP contribution in [0.15, 0.2) is 279 Å². The Bertz CT molecular complexity index is 6170. The standard InChI is InChI=1S/C35H24O7.C25H17N3O5.C23H16O7.C18H14O7/c1-20(36)21-2-4-22(5-3-21)29-18-31(24-8-14-27(15-9-24)34(39)40)32(25-10-16-28(17-11-25)35(41)42)19-30(29)23-6-12-26(13-7-23)33(37)38;1-14(29)15-2-4-16(5-3-15)21-26-22(17-6-10-19(11-7-17)24(30)31)28-23(27-21)18-8-12-20(13-9-18)25(32)33;1-12(24)15-6-16(8-18(7-15)21(25)26)13-2-4-14(5-3-13)17-9-19(22(27)28)11-20(10-17)23(29)30;1-9(19)12-3-10(4-13(7-12)16(20)21)2-11-5-14(17(22)23)8-15(6-11)18(24)25/h2-19H,1H3,(H,37,38)(H,39,40)(H,41,42);2-13H,1H3,(H,30,31)(H,32,33);2-11H,1H3,(H,25,26)(H,27,28)(H,29,30);3-8H,2H2,1H3,(H,20,21)(H,22,23)(H,24,25). The zero-order chi connectivity index (χ0) is 94.2. The number of Topliss-reactive ketones (excluding diaryl/α,β-unsaturated/α-hetero) is 4. The Labute approximate surface area is 736 Å². The van der Waals surface area contributed by atoms with E-state index in [2.05, 4.69) is 15.0 Å². The summed E-state index contributed by atoms with van der Waals surface area (Å²) in [7, 11) is 0. The molecule has 646 valence electrons. The molecule has 0 bridgehead atoms. The molecule has 13 aromatic carbocycles. The summed E-state index contributed by atoms with van der Waals surface area (Å²) in [5, 5.41) is 102. The van der Waals surface area contributed by atoms with Gasteiger partial charge in [0.2, 0.25) is 0 Å². The molecule has 130 heavy (non-hydrogen) atoms. The van der Waals surface area contributed by atoms with E-state index in [1.807, 2.05) is 24.3 Å². The van der Waals surface area contributed by atoms with Crippen LogP contribution in [0.4, 0.5) is 0 Å². The molecule has 0 radical (unpaired) electrons. The van der Waals surface area contributed by atoms with Crippen LogP contribution in [-0.2, 0) is 6.42 Å². The SMILES string of the molecule is CC(=O)c1cc(C(=O)O)cc(-c2ccc(-c3cc(C(=O)O)cc(C(=O)O)c3)cc2)c1.CC(=O)c1cc(Cc2cc(C(=O)O)cc(C(=O)O)c2)cc(C(=O)O)c1.CC(=O)c1ccc(-c2cc(-c3ccc(C(=O)O)cc3)c(-c3ccc(C(=O)O)cc3)cc2-c2ccc(C(=O)O)cc2)cc1.CC(=O)c1ccc(-c2nc(-c3ccc(C(=O)O)cc3)nc(-c3ccc(C(=O)O)cc3)n2)cc1. The van der Waals surface area contributed by atoms with Gasteiger partial charge in [-0.2, -0.15) is 0 Å². The summed E-state index contributed by atoms with van der Waals surface area (Å²) in [4.78, 5) is 185. The van der Waals surface area contributed by atoms with Gasteiger partial charge in [-0.05, 0) is 258 Å². The number of carboxylic acid groups (broad SMARTS) is 11. The highest BCUT2D eigenvalue weighted by Crippen LogP contribution is 2.43. The predicted molar refractivity (Wildman–Crippen MR) is 474 cm³/mol. The van der Waals surface area contributed by atoms with Crippen molar-refractivity contribution in [2.45, 2.75) is 34.1 Å². The lowest BCUT2D eigenvalue weighted by Gasteiger charge is -2.19. The lowest BCUT2D eigenvalue weighted by atomic mass is 9.85. The molecule has 0 saturated heterocycles. The second-order valence-electron chi connectivity index (χ2n) is 29.1. The number of carboxylic acids is 11. The largest absolute Gasteiger partial charge is 0.478 e. The molecule has 14 aromatic rings. The second kappa shape index (κ2) is 40.4. The van der Waals surface area contributed by atoms with Gasteiger partial charge >= 0.3 is 65.7 Å². The normalized spacial score (nSPS) is 10.5. The van der Waals surface area contributed by atoms with Gasteiger partial charge < -0.3 is 56.2 Å². The summed E-state index contributed by atoms with van der Waals surface area (Å²) in [6, 6.07) is 72.4. The first kappa shape index (κ1) is 92.4. The Morgan fingerprint density at radius 1 is 0.169 bits per heavy atom.